The zero-order valence-corrected chi connectivity index (χ0v) is 17.1. The molecule has 2 saturated heterocycles. The number of nitrogens with one attached hydrogen (secondary N) is 2. The van der Waals surface area contributed by atoms with E-state index in [1.165, 1.54) is 5.56 Å². The minimum Gasteiger partial charge on any atom is -0.379 e. The van der Waals surface area contributed by atoms with Crippen molar-refractivity contribution >= 4 is 30.7 Å². The van der Waals surface area contributed by atoms with Crippen LogP contribution in [0.1, 0.15) is 37.3 Å². The minimum absolute atomic E-state index is 0. The number of halogens is 2. The average molecular weight is 404 g/mol. The number of ether oxygens (including phenoxy) is 1. The molecule has 5 nitrogen and oxygen atoms in total. The molecule has 2 fully saturated rings. The molecule has 0 aliphatic carbocycles. The van der Waals surface area contributed by atoms with Crippen LogP contribution in [0.5, 0.6) is 0 Å². The van der Waals surface area contributed by atoms with E-state index in [4.69, 9.17) is 4.74 Å². The Morgan fingerprint density at radius 3 is 2.42 bits per heavy atom. The molecule has 148 valence electrons. The van der Waals surface area contributed by atoms with E-state index in [1.54, 1.807) is 0 Å². The van der Waals surface area contributed by atoms with Crippen molar-refractivity contribution in [3.8, 4) is 0 Å². The largest absolute Gasteiger partial charge is 0.379 e. The van der Waals surface area contributed by atoms with Crippen molar-refractivity contribution in [2.45, 2.75) is 44.8 Å². The summed E-state index contributed by atoms with van der Waals surface area (Å²) in [5.41, 5.74) is 2.05. The van der Waals surface area contributed by atoms with Crippen molar-refractivity contribution in [1.29, 1.82) is 0 Å². The van der Waals surface area contributed by atoms with E-state index in [1.807, 2.05) is 6.92 Å². The number of morpholine rings is 1. The normalized spacial score (nSPS) is 23.4. The maximum Gasteiger partial charge on any atom is 0.240 e. The van der Waals surface area contributed by atoms with Gasteiger partial charge in [0.25, 0.3) is 0 Å². The number of nitrogens with zero attached hydrogens (tertiary/aromatic N) is 1. The van der Waals surface area contributed by atoms with Gasteiger partial charge < -0.3 is 15.4 Å². The van der Waals surface area contributed by atoms with E-state index in [0.29, 0.717) is 6.54 Å². The van der Waals surface area contributed by atoms with Gasteiger partial charge in [-0.3, -0.25) is 9.69 Å². The molecule has 1 amide bonds. The Morgan fingerprint density at radius 2 is 1.81 bits per heavy atom. The lowest BCUT2D eigenvalue weighted by Gasteiger charge is -2.33. The summed E-state index contributed by atoms with van der Waals surface area (Å²) in [5.74, 6) is 0.111. The number of hydrogen-bond donors (Lipinski definition) is 2. The van der Waals surface area contributed by atoms with Gasteiger partial charge >= 0.3 is 0 Å². The molecule has 3 rings (SSSR count). The monoisotopic (exact) mass is 403 g/mol. The van der Waals surface area contributed by atoms with Gasteiger partial charge in [0, 0.05) is 26.2 Å². The van der Waals surface area contributed by atoms with Gasteiger partial charge in [-0.2, -0.15) is 0 Å². The molecule has 0 aromatic heterocycles. The van der Waals surface area contributed by atoms with Crippen LogP contribution in [0.2, 0.25) is 0 Å². The van der Waals surface area contributed by atoms with E-state index in [9.17, 15) is 4.79 Å². The predicted molar refractivity (Wildman–Crippen MR) is 109 cm³/mol. The van der Waals surface area contributed by atoms with Crippen LogP contribution in [0.15, 0.2) is 24.3 Å². The Bertz CT molecular complexity index is 542. The molecule has 26 heavy (non-hydrogen) atoms. The number of carbonyl (C=O) groups is 1. The van der Waals surface area contributed by atoms with E-state index < -0.39 is 5.54 Å². The molecule has 0 radical (unpaired) electrons. The first-order valence-corrected chi connectivity index (χ1v) is 9.07. The lowest BCUT2D eigenvalue weighted by Crippen LogP contribution is -2.56. The Kier molecular flexibility index (Phi) is 9.90. The standard InChI is InChI=1S/C19H29N3O2.2ClH/c1-19(8-2-3-9-21-19)18(23)20-14-16-4-6-17(7-5-16)15-22-10-12-24-13-11-22;;/h4-7,21H,2-3,8-15H2,1H3,(H,20,23);2*1H. The molecule has 1 atom stereocenters. The van der Waals surface area contributed by atoms with Gasteiger partial charge in [-0.05, 0) is 43.9 Å². The van der Waals surface area contributed by atoms with Crippen LogP contribution in [-0.4, -0.2) is 49.2 Å². The number of rotatable bonds is 5. The molecule has 1 unspecified atom stereocenters. The summed E-state index contributed by atoms with van der Waals surface area (Å²) in [6.07, 6.45) is 3.19. The van der Waals surface area contributed by atoms with Crippen LogP contribution in [-0.2, 0) is 22.6 Å². The minimum atomic E-state index is -0.408. The van der Waals surface area contributed by atoms with Crippen molar-refractivity contribution in [2.75, 3.05) is 32.8 Å². The van der Waals surface area contributed by atoms with Crippen LogP contribution in [0.25, 0.3) is 0 Å². The number of carbonyl (C=O) groups excluding carboxylic acids is 1. The predicted octanol–water partition coefficient (Wildman–Crippen LogP) is 2.51. The third-order valence-corrected chi connectivity index (χ3v) is 5.11. The molecule has 2 aliphatic rings. The first-order chi connectivity index (χ1) is 11.7. The van der Waals surface area contributed by atoms with Crippen molar-refractivity contribution < 1.29 is 9.53 Å². The lowest BCUT2D eigenvalue weighted by atomic mass is 9.90. The van der Waals surface area contributed by atoms with Crippen LogP contribution in [0.4, 0.5) is 0 Å². The van der Waals surface area contributed by atoms with Gasteiger partial charge in [0.1, 0.15) is 0 Å². The Balaban J connectivity index is 0.00000169. The number of benzene rings is 1. The smallest absolute Gasteiger partial charge is 0.240 e. The lowest BCUT2D eigenvalue weighted by molar-refractivity contribution is -0.128. The second-order valence-electron chi connectivity index (χ2n) is 7.10. The first-order valence-electron chi connectivity index (χ1n) is 9.07. The third kappa shape index (κ3) is 6.39. The molecule has 1 aromatic rings. The molecule has 0 bridgehead atoms. The summed E-state index contributed by atoms with van der Waals surface area (Å²) in [5, 5.41) is 6.44. The van der Waals surface area contributed by atoms with E-state index in [0.717, 1.165) is 64.2 Å². The summed E-state index contributed by atoms with van der Waals surface area (Å²) in [6, 6.07) is 8.56. The van der Waals surface area contributed by atoms with Gasteiger partial charge in [-0.1, -0.05) is 24.3 Å². The topological polar surface area (TPSA) is 53.6 Å². The molecule has 2 aliphatic heterocycles. The van der Waals surface area contributed by atoms with Gasteiger partial charge in [-0.15, -0.1) is 24.8 Å². The van der Waals surface area contributed by atoms with Crippen molar-refractivity contribution in [3.63, 3.8) is 0 Å². The Morgan fingerprint density at radius 1 is 1.15 bits per heavy atom. The third-order valence-electron chi connectivity index (χ3n) is 5.11. The summed E-state index contributed by atoms with van der Waals surface area (Å²) in [4.78, 5) is 14.8. The van der Waals surface area contributed by atoms with Crippen molar-refractivity contribution in [1.82, 2.24) is 15.5 Å². The molecule has 0 spiro atoms. The van der Waals surface area contributed by atoms with Gasteiger partial charge in [0.15, 0.2) is 0 Å². The van der Waals surface area contributed by atoms with Crippen molar-refractivity contribution in [2.24, 2.45) is 0 Å². The molecule has 1 aromatic carbocycles. The van der Waals surface area contributed by atoms with Crippen molar-refractivity contribution in [3.05, 3.63) is 35.4 Å². The van der Waals surface area contributed by atoms with E-state index in [-0.39, 0.29) is 30.7 Å². The quantitative estimate of drug-likeness (QED) is 0.792. The highest BCUT2D eigenvalue weighted by atomic mass is 35.5. The fraction of sp³-hybridized carbons (Fsp3) is 0.632. The number of amides is 1. The Labute approximate surface area is 169 Å². The first kappa shape index (κ1) is 23.2. The molecule has 2 N–H and O–H groups in total. The average Bonchev–Trinajstić information content (AvgIpc) is 2.62. The van der Waals surface area contributed by atoms with E-state index >= 15 is 0 Å². The molecular formula is C19H31Cl2N3O2. The number of hydrogen-bond acceptors (Lipinski definition) is 4. The summed E-state index contributed by atoms with van der Waals surface area (Å²) < 4.78 is 5.38. The van der Waals surface area contributed by atoms with Crippen LogP contribution >= 0.6 is 24.8 Å². The highest BCUT2D eigenvalue weighted by Gasteiger charge is 2.33. The maximum absolute atomic E-state index is 12.4. The molecule has 0 saturated carbocycles. The summed E-state index contributed by atoms with van der Waals surface area (Å²) >= 11 is 0. The zero-order chi connectivity index (χ0) is 16.8. The van der Waals surface area contributed by atoms with Crippen LogP contribution < -0.4 is 10.6 Å². The van der Waals surface area contributed by atoms with Gasteiger partial charge in [-0.25, -0.2) is 0 Å². The fourth-order valence-corrected chi connectivity index (χ4v) is 3.41. The van der Waals surface area contributed by atoms with Crippen LogP contribution in [0.3, 0.4) is 0 Å². The van der Waals surface area contributed by atoms with E-state index in [2.05, 4.69) is 39.8 Å². The summed E-state index contributed by atoms with van der Waals surface area (Å²) in [6.45, 7) is 8.17. The zero-order valence-electron chi connectivity index (χ0n) is 15.5. The maximum atomic E-state index is 12.4. The highest BCUT2D eigenvalue weighted by molar-refractivity contribution is 5.86. The second-order valence-corrected chi connectivity index (χ2v) is 7.10. The Hall–Kier alpha value is -0.850. The molecular weight excluding hydrogens is 373 g/mol. The molecule has 7 heteroatoms. The van der Waals surface area contributed by atoms with Gasteiger partial charge in [0.2, 0.25) is 5.91 Å². The van der Waals surface area contributed by atoms with Crippen LogP contribution in [0, 0.1) is 0 Å². The summed E-state index contributed by atoms with van der Waals surface area (Å²) in [7, 11) is 0. The fourth-order valence-electron chi connectivity index (χ4n) is 3.41. The SMILES string of the molecule is CC1(C(=O)NCc2ccc(CN3CCOCC3)cc2)CCCCN1.Cl.Cl. The second kappa shape index (κ2) is 11.1. The molecule has 2 heterocycles. The number of piperidine rings is 1. The van der Waals surface area contributed by atoms with Gasteiger partial charge in [0.05, 0.1) is 18.8 Å². The highest BCUT2D eigenvalue weighted by Crippen LogP contribution is 2.19.